The minimum Gasteiger partial charge on any atom is -0.508 e. The molecule has 0 unspecified atom stereocenters. The molecule has 0 fully saturated rings. The number of para-hydroxylation sites is 1. The smallest absolute Gasteiger partial charge is 0.223 e. The molecule has 2 heterocycles. The fourth-order valence-corrected chi connectivity index (χ4v) is 3.31. The number of hydrogen-bond donors (Lipinski definition) is 1. The van der Waals surface area contributed by atoms with Gasteiger partial charge in [-0.25, -0.2) is 0 Å². The SMILES string of the molecule is O=C(CCC(=O)N(Cc1ccco1)Cc1ccccc1O)c1cccs1. The molecule has 0 atom stereocenters. The minimum absolute atomic E-state index is 0.0335. The summed E-state index contributed by atoms with van der Waals surface area (Å²) < 4.78 is 5.34. The van der Waals surface area contributed by atoms with Crippen LogP contribution < -0.4 is 0 Å². The standard InChI is InChI=1S/C20H19NO4S/c22-17-7-2-1-5-15(17)13-21(14-16-6-3-11-25-16)20(24)10-9-18(23)19-8-4-12-26-19/h1-8,11-12,22H,9-10,13-14H2. The van der Waals surface area contributed by atoms with E-state index in [-0.39, 0.29) is 43.4 Å². The Balaban J connectivity index is 1.68. The summed E-state index contributed by atoms with van der Waals surface area (Å²) in [6, 6.07) is 14.0. The number of aromatic hydroxyl groups is 1. The summed E-state index contributed by atoms with van der Waals surface area (Å²) >= 11 is 1.38. The summed E-state index contributed by atoms with van der Waals surface area (Å²) in [5, 5.41) is 11.8. The van der Waals surface area contributed by atoms with Crippen molar-refractivity contribution in [3.8, 4) is 5.75 Å². The third kappa shape index (κ3) is 4.61. The summed E-state index contributed by atoms with van der Waals surface area (Å²) in [6.07, 6.45) is 1.83. The van der Waals surface area contributed by atoms with Crippen molar-refractivity contribution in [3.63, 3.8) is 0 Å². The molecule has 0 radical (unpaired) electrons. The molecule has 1 aromatic carbocycles. The van der Waals surface area contributed by atoms with E-state index in [1.54, 1.807) is 47.6 Å². The van der Waals surface area contributed by atoms with Gasteiger partial charge >= 0.3 is 0 Å². The number of thiophene rings is 1. The number of hydrogen-bond acceptors (Lipinski definition) is 5. The van der Waals surface area contributed by atoms with Gasteiger partial charge in [-0.15, -0.1) is 11.3 Å². The van der Waals surface area contributed by atoms with Gasteiger partial charge in [0.25, 0.3) is 0 Å². The van der Waals surface area contributed by atoms with Crippen molar-refractivity contribution in [1.82, 2.24) is 4.90 Å². The van der Waals surface area contributed by atoms with Gasteiger partial charge in [0.1, 0.15) is 11.5 Å². The maximum absolute atomic E-state index is 12.7. The molecule has 0 bridgehead atoms. The van der Waals surface area contributed by atoms with E-state index < -0.39 is 0 Å². The zero-order chi connectivity index (χ0) is 18.4. The van der Waals surface area contributed by atoms with E-state index in [1.807, 2.05) is 17.5 Å². The Morgan fingerprint density at radius 1 is 1.00 bits per heavy atom. The third-order valence-corrected chi connectivity index (χ3v) is 4.91. The Kier molecular flexibility index (Phi) is 5.86. The van der Waals surface area contributed by atoms with Crippen molar-refractivity contribution >= 4 is 23.0 Å². The van der Waals surface area contributed by atoms with Crippen molar-refractivity contribution in [2.24, 2.45) is 0 Å². The largest absolute Gasteiger partial charge is 0.508 e. The van der Waals surface area contributed by atoms with Crippen molar-refractivity contribution in [1.29, 1.82) is 0 Å². The number of carbonyl (C=O) groups excluding carboxylic acids is 2. The Morgan fingerprint density at radius 3 is 2.54 bits per heavy atom. The monoisotopic (exact) mass is 369 g/mol. The van der Waals surface area contributed by atoms with Gasteiger partial charge in [-0.1, -0.05) is 24.3 Å². The summed E-state index contributed by atoms with van der Waals surface area (Å²) in [7, 11) is 0. The first-order valence-electron chi connectivity index (χ1n) is 8.27. The van der Waals surface area contributed by atoms with Gasteiger partial charge in [0.2, 0.25) is 5.91 Å². The van der Waals surface area contributed by atoms with Gasteiger partial charge in [-0.2, -0.15) is 0 Å². The predicted octanol–water partition coefficient (Wildman–Crippen LogP) is 4.24. The molecule has 0 aliphatic carbocycles. The highest BCUT2D eigenvalue weighted by Gasteiger charge is 2.19. The second kappa shape index (κ2) is 8.49. The van der Waals surface area contributed by atoms with Crippen LogP contribution in [0.15, 0.2) is 64.6 Å². The van der Waals surface area contributed by atoms with Crippen LogP contribution in [0.1, 0.15) is 33.8 Å². The Morgan fingerprint density at radius 2 is 1.85 bits per heavy atom. The molecule has 1 amide bonds. The topological polar surface area (TPSA) is 70.8 Å². The zero-order valence-corrected chi connectivity index (χ0v) is 14.9. The first-order valence-corrected chi connectivity index (χ1v) is 9.15. The summed E-state index contributed by atoms with van der Waals surface area (Å²) in [4.78, 5) is 27.1. The molecular weight excluding hydrogens is 350 g/mol. The zero-order valence-electron chi connectivity index (χ0n) is 14.1. The molecular formula is C20H19NO4S. The van der Waals surface area contributed by atoms with E-state index in [0.29, 0.717) is 16.2 Å². The molecule has 134 valence electrons. The fourth-order valence-electron chi connectivity index (χ4n) is 2.61. The second-order valence-corrected chi connectivity index (χ2v) is 6.81. The second-order valence-electron chi connectivity index (χ2n) is 5.86. The number of rotatable bonds is 8. The lowest BCUT2D eigenvalue weighted by molar-refractivity contribution is -0.132. The molecule has 2 aromatic heterocycles. The lowest BCUT2D eigenvalue weighted by Gasteiger charge is -2.22. The summed E-state index contributed by atoms with van der Waals surface area (Å²) in [6.45, 7) is 0.534. The van der Waals surface area contributed by atoms with Crippen LogP contribution in [0, 0.1) is 0 Å². The first kappa shape index (κ1) is 17.9. The lowest BCUT2D eigenvalue weighted by atomic mass is 10.1. The van der Waals surface area contributed by atoms with E-state index in [4.69, 9.17) is 4.42 Å². The van der Waals surface area contributed by atoms with Crippen LogP contribution in [-0.2, 0) is 17.9 Å². The Hall–Kier alpha value is -2.86. The average Bonchev–Trinajstić information content (AvgIpc) is 3.34. The lowest BCUT2D eigenvalue weighted by Crippen LogP contribution is -2.30. The summed E-state index contributed by atoms with van der Waals surface area (Å²) in [5.74, 6) is 0.598. The molecule has 1 N–H and O–H groups in total. The normalized spacial score (nSPS) is 10.6. The highest BCUT2D eigenvalue weighted by molar-refractivity contribution is 7.12. The minimum atomic E-state index is -0.158. The van der Waals surface area contributed by atoms with E-state index >= 15 is 0 Å². The predicted molar refractivity (Wildman–Crippen MR) is 99.0 cm³/mol. The van der Waals surface area contributed by atoms with Gasteiger partial charge in [0, 0.05) is 24.9 Å². The molecule has 0 spiro atoms. The Labute approximate surface area is 155 Å². The summed E-state index contributed by atoms with van der Waals surface area (Å²) in [5.41, 5.74) is 0.650. The van der Waals surface area contributed by atoms with E-state index in [0.717, 1.165) is 0 Å². The number of Topliss-reactive ketones (excluding diaryl/α,β-unsaturated/α-hetero) is 1. The van der Waals surface area contributed by atoms with Crippen LogP contribution in [0.25, 0.3) is 0 Å². The molecule has 6 heteroatoms. The molecule has 26 heavy (non-hydrogen) atoms. The maximum Gasteiger partial charge on any atom is 0.223 e. The number of ketones is 1. The van der Waals surface area contributed by atoms with Crippen molar-refractivity contribution < 1.29 is 19.1 Å². The van der Waals surface area contributed by atoms with E-state index in [1.165, 1.54) is 11.3 Å². The van der Waals surface area contributed by atoms with Crippen LogP contribution in [0.4, 0.5) is 0 Å². The van der Waals surface area contributed by atoms with Gasteiger partial charge in [0.15, 0.2) is 5.78 Å². The molecule has 0 aliphatic heterocycles. The van der Waals surface area contributed by atoms with E-state index in [2.05, 4.69) is 0 Å². The van der Waals surface area contributed by atoms with Crippen LogP contribution in [0.3, 0.4) is 0 Å². The molecule has 0 aliphatic rings. The number of phenols is 1. The molecule has 3 rings (SSSR count). The van der Waals surface area contributed by atoms with Crippen LogP contribution in [0.5, 0.6) is 5.75 Å². The van der Waals surface area contributed by atoms with Crippen LogP contribution >= 0.6 is 11.3 Å². The first-order chi connectivity index (χ1) is 12.6. The highest BCUT2D eigenvalue weighted by atomic mass is 32.1. The number of amides is 1. The number of furan rings is 1. The quantitative estimate of drug-likeness (QED) is 0.603. The van der Waals surface area contributed by atoms with Crippen molar-refractivity contribution in [3.05, 3.63) is 76.4 Å². The van der Waals surface area contributed by atoms with Gasteiger partial charge in [-0.3, -0.25) is 9.59 Å². The average molecular weight is 369 g/mol. The fraction of sp³-hybridized carbons (Fsp3) is 0.200. The molecule has 5 nitrogen and oxygen atoms in total. The van der Waals surface area contributed by atoms with Gasteiger partial charge in [0.05, 0.1) is 17.7 Å². The van der Waals surface area contributed by atoms with Gasteiger partial charge < -0.3 is 14.4 Å². The van der Waals surface area contributed by atoms with Gasteiger partial charge in [-0.05, 0) is 29.6 Å². The molecule has 0 saturated heterocycles. The highest BCUT2D eigenvalue weighted by Crippen LogP contribution is 2.21. The number of phenolic OH excluding ortho intramolecular Hbond substituents is 1. The third-order valence-electron chi connectivity index (χ3n) is 3.99. The van der Waals surface area contributed by atoms with Crippen molar-refractivity contribution in [2.45, 2.75) is 25.9 Å². The molecule has 0 saturated carbocycles. The Bertz CT molecular complexity index is 856. The molecule has 3 aromatic rings. The maximum atomic E-state index is 12.7. The number of nitrogens with zero attached hydrogens (tertiary/aromatic N) is 1. The number of carbonyl (C=O) groups is 2. The van der Waals surface area contributed by atoms with Crippen molar-refractivity contribution in [2.75, 3.05) is 0 Å². The van der Waals surface area contributed by atoms with E-state index in [9.17, 15) is 14.7 Å². The van der Waals surface area contributed by atoms with Crippen LogP contribution in [-0.4, -0.2) is 21.7 Å². The van der Waals surface area contributed by atoms with Crippen LogP contribution in [0.2, 0.25) is 0 Å². The number of benzene rings is 1.